The molecule has 3 aliphatic rings. The van der Waals surface area contributed by atoms with Crippen molar-refractivity contribution in [1.29, 1.82) is 0 Å². The molecule has 0 bridgehead atoms. The largest absolute Gasteiger partial charge is 0.458 e. The fourth-order valence-electron chi connectivity index (χ4n) is 4.84. The fourth-order valence-corrected chi connectivity index (χ4v) is 4.84. The summed E-state index contributed by atoms with van der Waals surface area (Å²) >= 11 is 0. The van der Waals surface area contributed by atoms with Crippen molar-refractivity contribution in [2.75, 3.05) is 6.61 Å². The Hall–Kier alpha value is -2.03. The van der Waals surface area contributed by atoms with Gasteiger partial charge in [0.25, 0.3) is 0 Å². The minimum absolute atomic E-state index is 0.0825. The fraction of sp³-hybridized carbons (Fsp3) is 0.593. The molecule has 7 heteroatoms. The summed E-state index contributed by atoms with van der Waals surface area (Å²) in [4.78, 5) is 15.9. The van der Waals surface area contributed by atoms with Gasteiger partial charge in [0.2, 0.25) is 5.79 Å². The highest BCUT2D eigenvalue weighted by Crippen LogP contribution is 2.43. The normalized spacial score (nSPS) is 32.2. The van der Waals surface area contributed by atoms with Gasteiger partial charge in [0.05, 0.1) is 18.8 Å². The SMILES string of the molecule is CC(=O)O[C@@H]1C[C@@H]2C(CO)=C[C@]3(C=C(C)C[C@@H](C=C(C)CC=CC(C)(C)OO)O3)O[C@@H]2C=C1C. The Balaban J connectivity index is 1.80. The van der Waals surface area contributed by atoms with Crippen molar-refractivity contribution in [3.63, 3.8) is 0 Å². The van der Waals surface area contributed by atoms with Crippen LogP contribution in [-0.4, -0.2) is 52.6 Å². The molecule has 3 rings (SSSR count). The van der Waals surface area contributed by atoms with Gasteiger partial charge in [-0.1, -0.05) is 35.5 Å². The molecule has 0 aromatic carbocycles. The summed E-state index contributed by atoms with van der Waals surface area (Å²) in [5.41, 5.74) is 3.31. The van der Waals surface area contributed by atoms with Crippen LogP contribution in [-0.2, 0) is 23.9 Å². The molecular formula is C27H38O7. The molecule has 0 unspecified atom stereocenters. The standard InChI is InChI=1S/C27H38O7/c1-17(8-7-9-26(5,6)34-30)10-22-11-18(2)14-27(32-22)15-21(16-28)23-13-24(31-20(4)29)19(3)12-25(23)33-27/h7,9-10,12,14-15,22-25,28,30H,8,11,13,16H2,1-6H3/t22-,23-,24-,25-,27+/m1/s1. The predicted molar refractivity (Wildman–Crippen MR) is 129 cm³/mol. The molecule has 0 aromatic heterocycles. The van der Waals surface area contributed by atoms with Crippen LogP contribution in [0.2, 0.25) is 0 Å². The van der Waals surface area contributed by atoms with Crippen molar-refractivity contribution in [2.24, 2.45) is 5.92 Å². The molecule has 2 aliphatic heterocycles. The number of hydrogen-bond acceptors (Lipinski definition) is 7. The van der Waals surface area contributed by atoms with Crippen LogP contribution in [0.4, 0.5) is 0 Å². The van der Waals surface area contributed by atoms with Gasteiger partial charge in [-0.3, -0.25) is 10.1 Å². The van der Waals surface area contributed by atoms with Crippen LogP contribution < -0.4 is 0 Å². The van der Waals surface area contributed by atoms with E-state index in [0.29, 0.717) is 12.8 Å². The van der Waals surface area contributed by atoms with E-state index >= 15 is 0 Å². The molecule has 1 spiro atoms. The molecule has 0 radical (unpaired) electrons. The topological polar surface area (TPSA) is 94.5 Å². The molecule has 7 nitrogen and oxygen atoms in total. The van der Waals surface area contributed by atoms with Crippen LogP contribution >= 0.6 is 0 Å². The first-order chi connectivity index (χ1) is 16.0. The number of hydrogen-bond donors (Lipinski definition) is 2. The molecule has 0 aromatic rings. The van der Waals surface area contributed by atoms with Crippen LogP contribution in [0.1, 0.15) is 60.8 Å². The number of allylic oxidation sites excluding steroid dienone is 2. The summed E-state index contributed by atoms with van der Waals surface area (Å²) in [6.07, 6.45) is 13.0. The quantitative estimate of drug-likeness (QED) is 0.237. The van der Waals surface area contributed by atoms with Crippen LogP contribution in [0.25, 0.3) is 0 Å². The maximum atomic E-state index is 11.5. The third kappa shape index (κ3) is 6.55. The van der Waals surface area contributed by atoms with Crippen molar-refractivity contribution < 1.29 is 34.3 Å². The van der Waals surface area contributed by atoms with Gasteiger partial charge in [0.1, 0.15) is 11.7 Å². The van der Waals surface area contributed by atoms with E-state index in [1.165, 1.54) is 6.92 Å². The number of carbonyl (C=O) groups excluding carboxylic acids is 1. The monoisotopic (exact) mass is 474 g/mol. The highest BCUT2D eigenvalue weighted by atomic mass is 17.1. The average molecular weight is 475 g/mol. The molecule has 2 N–H and O–H groups in total. The highest BCUT2D eigenvalue weighted by Gasteiger charge is 2.46. The molecule has 2 heterocycles. The van der Waals surface area contributed by atoms with E-state index in [1.54, 1.807) is 13.8 Å². The first-order valence-corrected chi connectivity index (χ1v) is 11.9. The third-order valence-electron chi connectivity index (χ3n) is 6.44. The predicted octanol–water partition coefficient (Wildman–Crippen LogP) is 4.79. The van der Waals surface area contributed by atoms with Crippen LogP contribution in [0.3, 0.4) is 0 Å². The maximum absolute atomic E-state index is 11.5. The van der Waals surface area contributed by atoms with Crippen LogP contribution in [0.5, 0.6) is 0 Å². The second-order valence-corrected chi connectivity index (χ2v) is 10.2. The van der Waals surface area contributed by atoms with Gasteiger partial charge in [-0.2, -0.15) is 0 Å². The molecule has 0 saturated carbocycles. The summed E-state index contributed by atoms with van der Waals surface area (Å²) in [6.45, 7) is 10.9. The van der Waals surface area contributed by atoms with Gasteiger partial charge in [-0.25, -0.2) is 4.89 Å². The van der Waals surface area contributed by atoms with E-state index < -0.39 is 11.4 Å². The van der Waals surface area contributed by atoms with Crippen LogP contribution in [0, 0.1) is 5.92 Å². The van der Waals surface area contributed by atoms with Crippen molar-refractivity contribution in [2.45, 2.75) is 90.5 Å². The van der Waals surface area contributed by atoms with Gasteiger partial charge < -0.3 is 19.3 Å². The van der Waals surface area contributed by atoms with Gasteiger partial charge >= 0.3 is 5.97 Å². The first-order valence-electron chi connectivity index (χ1n) is 11.9. The van der Waals surface area contributed by atoms with Gasteiger partial charge in [0, 0.05) is 12.8 Å². The summed E-state index contributed by atoms with van der Waals surface area (Å²) < 4.78 is 18.4. The van der Waals surface area contributed by atoms with Crippen molar-refractivity contribution in [1.82, 2.24) is 0 Å². The Morgan fingerprint density at radius 2 is 2.00 bits per heavy atom. The molecule has 188 valence electrons. The van der Waals surface area contributed by atoms with Gasteiger partial charge in [0.15, 0.2) is 0 Å². The molecular weight excluding hydrogens is 436 g/mol. The zero-order valence-corrected chi connectivity index (χ0v) is 21.0. The highest BCUT2D eigenvalue weighted by molar-refractivity contribution is 5.66. The zero-order chi connectivity index (χ0) is 25.1. The second kappa shape index (κ2) is 10.7. The Morgan fingerprint density at radius 3 is 2.65 bits per heavy atom. The van der Waals surface area contributed by atoms with Crippen LogP contribution in [0.15, 0.2) is 58.7 Å². The zero-order valence-electron chi connectivity index (χ0n) is 21.0. The summed E-state index contributed by atoms with van der Waals surface area (Å²) in [7, 11) is 0. The van der Waals surface area contributed by atoms with E-state index in [0.717, 1.165) is 28.7 Å². The number of rotatable bonds is 7. The molecule has 34 heavy (non-hydrogen) atoms. The second-order valence-electron chi connectivity index (χ2n) is 10.2. The van der Waals surface area contributed by atoms with E-state index in [-0.39, 0.29) is 36.8 Å². The van der Waals surface area contributed by atoms with Crippen molar-refractivity contribution in [3.8, 4) is 0 Å². The van der Waals surface area contributed by atoms with E-state index in [4.69, 9.17) is 19.5 Å². The van der Waals surface area contributed by atoms with Gasteiger partial charge in [-0.05, 0) is 77.2 Å². The number of aliphatic hydroxyl groups is 1. The van der Waals surface area contributed by atoms with Crippen molar-refractivity contribution in [3.05, 3.63) is 58.7 Å². The summed E-state index contributed by atoms with van der Waals surface area (Å²) in [6, 6.07) is 0. The Kier molecular flexibility index (Phi) is 8.37. The number of fused-ring (bicyclic) bond motifs is 1. The Morgan fingerprint density at radius 1 is 1.26 bits per heavy atom. The molecule has 5 atom stereocenters. The minimum atomic E-state index is -1.06. The third-order valence-corrected chi connectivity index (χ3v) is 6.44. The Labute approximate surface area is 202 Å². The van der Waals surface area contributed by atoms with E-state index in [1.807, 2.05) is 44.2 Å². The summed E-state index contributed by atoms with van der Waals surface area (Å²) in [5, 5.41) is 19.1. The number of ether oxygens (including phenoxy) is 3. The number of carbonyl (C=O) groups is 1. The molecule has 0 fully saturated rings. The molecule has 1 aliphatic carbocycles. The first kappa shape index (κ1) is 26.6. The lowest BCUT2D eigenvalue weighted by Gasteiger charge is -2.46. The van der Waals surface area contributed by atoms with E-state index in [2.05, 4.69) is 17.9 Å². The number of esters is 1. The average Bonchev–Trinajstić information content (AvgIpc) is 2.73. The molecule has 0 saturated heterocycles. The maximum Gasteiger partial charge on any atom is 0.303 e. The lowest BCUT2D eigenvalue weighted by Crippen LogP contribution is -2.49. The summed E-state index contributed by atoms with van der Waals surface area (Å²) in [5.74, 6) is -1.46. The smallest absolute Gasteiger partial charge is 0.303 e. The lowest BCUT2D eigenvalue weighted by atomic mass is 9.78. The molecule has 0 amide bonds. The van der Waals surface area contributed by atoms with Crippen molar-refractivity contribution >= 4 is 5.97 Å². The Bertz CT molecular complexity index is 923. The number of aliphatic hydroxyl groups excluding tert-OH is 1. The van der Waals surface area contributed by atoms with E-state index in [9.17, 15) is 9.90 Å². The minimum Gasteiger partial charge on any atom is -0.458 e. The lowest BCUT2D eigenvalue weighted by molar-refractivity contribution is -0.297. The van der Waals surface area contributed by atoms with Gasteiger partial charge in [-0.15, -0.1) is 0 Å².